The molecule has 2 bridgehead atoms. The average Bonchev–Trinajstić information content (AvgIpc) is 2.83. The Hall–Kier alpha value is -2.09. The molecule has 1 aromatic rings. The second-order valence-corrected chi connectivity index (χ2v) is 5.73. The molecular formula is C17H13NO. The summed E-state index contributed by atoms with van der Waals surface area (Å²) in [4.78, 5) is 4.42. The summed E-state index contributed by atoms with van der Waals surface area (Å²) in [6.07, 6.45) is 13.0. The van der Waals surface area contributed by atoms with Crippen molar-refractivity contribution >= 4 is 6.21 Å². The molecule has 2 heterocycles. The van der Waals surface area contributed by atoms with Gasteiger partial charge in [0.2, 0.25) is 0 Å². The Morgan fingerprint density at radius 1 is 1.16 bits per heavy atom. The second kappa shape index (κ2) is 2.90. The third kappa shape index (κ3) is 0.887. The molecule has 92 valence electrons. The number of ether oxygens (including phenoxy) is 1. The minimum Gasteiger partial charge on any atom is -0.460 e. The van der Waals surface area contributed by atoms with Crippen molar-refractivity contribution in [2.24, 2.45) is 10.4 Å². The molecule has 2 spiro atoms. The van der Waals surface area contributed by atoms with Crippen molar-refractivity contribution in [2.45, 2.75) is 18.3 Å². The smallest absolute Gasteiger partial charge is 0.131 e. The predicted octanol–water partition coefficient (Wildman–Crippen LogP) is 3.52. The predicted molar refractivity (Wildman–Crippen MR) is 74.2 cm³/mol. The zero-order valence-electron chi connectivity index (χ0n) is 10.5. The summed E-state index contributed by atoms with van der Waals surface area (Å²) in [6.45, 7) is 0. The number of rotatable bonds is 0. The van der Waals surface area contributed by atoms with Gasteiger partial charge >= 0.3 is 0 Å². The van der Waals surface area contributed by atoms with Crippen molar-refractivity contribution in [3.05, 3.63) is 65.6 Å². The SMILES string of the molecule is C1=CC23C(=C4C=CC2(C=N1)CC4)Oc1ccccc13. The summed E-state index contributed by atoms with van der Waals surface area (Å²) in [7, 11) is 0. The van der Waals surface area contributed by atoms with E-state index < -0.39 is 0 Å². The minimum atomic E-state index is -0.145. The van der Waals surface area contributed by atoms with Gasteiger partial charge < -0.3 is 4.74 Å². The molecule has 0 aromatic heterocycles. The molecule has 0 N–H and O–H groups in total. The van der Waals surface area contributed by atoms with Crippen molar-refractivity contribution in [1.29, 1.82) is 0 Å². The molecule has 0 saturated carbocycles. The Morgan fingerprint density at radius 2 is 2.11 bits per heavy atom. The molecule has 2 unspecified atom stereocenters. The van der Waals surface area contributed by atoms with Crippen LogP contribution in [0.25, 0.3) is 0 Å². The first kappa shape index (κ1) is 9.79. The molecule has 6 rings (SSSR count). The van der Waals surface area contributed by atoms with E-state index in [0.717, 1.165) is 24.4 Å². The summed E-state index contributed by atoms with van der Waals surface area (Å²) < 4.78 is 6.22. The number of aliphatic imine (C=N–C) groups is 1. The number of allylic oxidation sites excluding steroid dienone is 4. The van der Waals surface area contributed by atoms with Crippen LogP contribution in [0.15, 0.2) is 65.0 Å². The van der Waals surface area contributed by atoms with E-state index in [4.69, 9.17) is 4.74 Å². The van der Waals surface area contributed by atoms with Gasteiger partial charge in [0, 0.05) is 23.4 Å². The fraction of sp³-hybridized carbons (Fsp3) is 0.235. The lowest BCUT2D eigenvalue weighted by atomic mass is 9.51. The molecule has 0 saturated heterocycles. The lowest BCUT2D eigenvalue weighted by Gasteiger charge is -2.50. The van der Waals surface area contributed by atoms with Gasteiger partial charge in [-0.1, -0.05) is 30.4 Å². The summed E-state index contributed by atoms with van der Waals surface area (Å²) in [6, 6.07) is 8.41. The number of hydrogen-bond donors (Lipinski definition) is 0. The lowest BCUT2D eigenvalue weighted by molar-refractivity contribution is 0.258. The van der Waals surface area contributed by atoms with E-state index >= 15 is 0 Å². The van der Waals surface area contributed by atoms with E-state index in [9.17, 15) is 0 Å². The zero-order chi connectivity index (χ0) is 12.5. The van der Waals surface area contributed by atoms with Crippen molar-refractivity contribution in [1.82, 2.24) is 0 Å². The maximum Gasteiger partial charge on any atom is 0.131 e. The minimum absolute atomic E-state index is 0.0363. The van der Waals surface area contributed by atoms with Crippen LogP contribution in [-0.4, -0.2) is 6.21 Å². The van der Waals surface area contributed by atoms with E-state index in [1.807, 2.05) is 12.3 Å². The Labute approximate surface area is 111 Å². The number of benzene rings is 1. The molecule has 1 aromatic carbocycles. The van der Waals surface area contributed by atoms with Gasteiger partial charge in [-0.3, -0.25) is 4.99 Å². The van der Waals surface area contributed by atoms with Gasteiger partial charge in [0.15, 0.2) is 0 Å². The van der Waals surface area contributed by atoms with E-state index in [1.54, 1.807) is 0 Å². The molecule has 19 heavy (non-hydrogen) atoms. The largest absolute Gasteiger partial charge is 0.460 e. The van der Waals surface area contributed by atoms with Crippen LogP contribution in [0.3, 0.4) is 0 Å². The highest BCUT2D eigenvalue weighted by molar-refractivity contribution is 5.82. The van der Waals surface area contributed by atoms with Crippen LogP contribution in [0.2, 0.25) is 0 Å². The quantitative estimate of drug-likeness (QED) is 0.687. The Balaban J connectivity index is 1.94. The highest BCUT2D eigenvalue weighted by Gasteiger charge is 2.61. The van der Waals surface area contributed by atoms with Crippen LogP contribution in [0, 0.1) is 5.41 Å². The molecular weight excluding hydrogens is 234 g/mol. The summed E-state index contributed by atoms with van der Waals surface area (Å²) >= 11 is 0. The third-order valence-electron chi connectivity index (χ3n) is 5.01. The summed E-state index contributed by atoms with van der Waals surface area (Å²) in [5.74, 6) is 2.13. The first-order valence-corrected chi connectivity index (χ1v) is 6.78. The number of nitrogens with zero attached hydrogens (tertiary/aromatic N) is 1. The fourth-order valence-corrected chi connectivity index (χ4v) is 4.11. The molecule has 0 amide bonds. The molecule has 0 radical (unpaired) electrons. The van der Waals surface area contributed by atoms with E-state index in [0.29, 0.717) is 0 Å². The number of fused-ring (bicyclic) bond motifs is 2. The van der Waals surface area contributed by atoms with Crippen LogP contribution >= 0.6 is 0 Å². The van der Waals surface area contributed by atoms with Gasteiger partial charge in [0.25, 0.3) is 0 Å². The van der Waals surface area contributed by atoms with Gasteiger partial charge in [-0.2, -0.15) is 0 Å². The molecule has 0 fully saturated rings. The van der Waals surface area contributed by atoms with Crippen molar-refractivity contribution < 1.29 is 4.74 Å². The fourth-order valence-electron chi connectivity index (χ4n) is 4.11. The van der Waals surface area contributed by atoms with Gasteiger partial charge in [-0.25, -0.2) is 0 Å². The van der Waals surface area contributed by atoms with E-state index in [-0.39, 0.29) is 10.8 Å². The van der Waals surface area contributed by atoms with Crippen molar-refractivity contribution in [3.63, 3.8) is 0 Å². The van der Waals surface area contributed by atoms with Gasteiger partial charge in [-0.15, -0.1) is 0 Å². The first-order chi connectivity index (χ1) is 9.36. The third-order valence-corrected chi connectivity index (χ3v) is 5.01. The average molecular weight is 247 g/mol. The first-order valence-electron chi connectivity index (χ1n) is 6.78. The molecule has 2 aliphatic heterocycles. The van der Waals surface area contributed by atoms with E-state index in [1.165, 1.54) is 11.1 Å². The number of hydrogen-bond acceptors (Lipinski definition) is 2. The van der Waals surface area contributed by atoms with Crippen molar-refractivity contribution in [2.75, 3.05) is 0 Å². The maximum atomic E-state index is 6.22. The Morgan fingerprint density at radius 3 is 3.00 bits per heavy atom. The van der Waals surface area contributed by atoms with Crippen LogP contribution in [0.5, 0.6) is 5.75 Å². The van der Waals surface area contributed by atoms with Crippen molar-refractivity contribution in [3.8, 4) is 5.75 Å². The summed E-state index contributed by atoms with van der Waals surface area (Å²) in [5.41, 5.74) is 2.45. The van der Waals surface area contributed by atoms with Gasteiger partial charge in [0.1, 0.15) is 11.5 Å². The van der Waals surface area contributed by atoms with E-state index in [2.05, 4.69) is 47.6 Å². The molecule has 5 aliphatic rings. The molecule has 2 nitrogen and oxygen atoms in total. The second-order valence-electron chi connectivity index (χ2n) is 5.73. The van der Waals surface area contributed by atoms with Gasteiger partial charge in [-0.05, 0) is 30.6 Å². The molecule has 3 aliphatic carbocycles. The van der Waals surface area contributed by atoms with Crippen LogP contribution in [0.1, 0.15) is 18.4 Å². The summed E-state index contributed by atoms with van der Waals surface area (Å²) in [5, 5.41) is 0. The standard InChI is InChI=1S/C17H13NO/c1-2-4-14-13(3-1)17-9-10-18-11-16(17)7-5-12(6-8-16)15(17)19-14/h1-5,7,9-11H,6,8H2. The Kier molecular flexibility index (Phi) is 1.50. The van der Waals surface area contributed by atoms with Crippen LogP contribution in [-0.2, 0) is 5.41 Å². The van der Waals surface area contributed by atoms with Gasteiger partial charge in [0.05, 0.1) is 5.41 Å². The topological polar surface area (TPSA) is 21.6 Å². The normalized spacial score (nSPS) is 36.0. The highest BCUT2D eigenvalue weighted by atomic mass is 16.5. The Bertz CT molecular complexity index is 725. The van der Waals surface area contributed by atoms with Crippen LogP contribution < -0.4 is 4.74 Å². The monoisotopic (exact) mass is 247 g/mol. The highest BCUT2D eigenvalue weighted by Crippen LogP contribution is 2.64. The molecule has 2 heteroatoms. The number of para-hydroxylation sites is 1. The lowest BCUT2D eigenvalue weighted by Crippen LogP contribution is -2.50. The zero-order valence-corrected chi connectivity index (χ0v) is 10.5. The maximum absolute atomic E-state index is 6.22. The molecule has 2 atom stereocenters. The van der Waals surface area contributed by atoms with Crippen LogP contribution in [0.4, 0.5) is 0 Å².